The van der Waals surface area contributed by atoms with Crippen LogP contribution in [0, 0.1) is 0 Å². The van der Waals surface area contributed by atoms with Crippen molar-refractivity contribution in [2.24, 2.45) is 0 Å². The van der Waals surface area contributed by atoms with Gasteiger partial charge in [-0.2, -0.15) is 4.98 Å². The monoisotopic (exact) mass is 369 g/mol. The summed E-state index contributed by atoms with van der Waals surface area (Å²) in [5, 5.41) is 0. The Labute approximate surface area is 156 Å². The van der Waals surface area contributed by atoms with E-state index in [1.807, 2.05) is 12.1 Å². The molecule has 1 aliphatic rings. The fraction of sp³-hybridized carbons (Fsp3) is 0.421. The maximum atomic E-state index is 12.4. The van der Waals surface area contributed by atoms with Crippen molar-refractivity contribution in [2.75, 3.05) is 33.4 Å². The van der Waals surface area contributed by atoms with Gasteiger partial charge < -0.3 is 14.5 Å². The van der Waals surface area contributed by atoms with Gasteiger partial charge in [0, 0.05) is 13.7 Å². The lowest BCUT2D eigenvalue weighted by atomic mass is 10.1. The molecule has 0 spiro atoms. The fourth-order valence-electron chi connectivity index (χ4n) is 3.17. The van der Waals surface area contributed by atoms with E-state index in [9.17, 15) is 4.79 Å². The van der Waals surface area contributed by atoms with Crippen LogP contribution in [0.1, 0.15) is 17.5 Å². The number of rotatable bonds is 8. The van der Waals surface area contributed by atoms with E-state index in [2.05, 4.69) is 32.0 Å². The molecule has 1 saturated heterocycles. The third-order valence-corrected chi connectivity index (χ3v) is 4.69. The molecular weight excluding hydrogens is 346 g/mol. The first kappa shape index (κ1) is 17.7. The highest BCUT2D eigenvalue weighted by atomic mass is 16.5. The molecule has 0 aliphatic carbocycles. The van der Waals surface area contributed by atoms with Gasteiger partial charge >= 0.3 is 11.7 Å². The lowest BCUT2D eigenvalue weighted by Crippen LogP contribution is -2.36. The van der Waals surface area contributed by atoms with Crippen LogP contribution in [0.3, 0.4) is 0 Å². The molecule has 0 saturated carbocycles. The van der Waals surface area contributed by atoms with Crippen LogP contribution in [0.2, 0.25) is 0 Å². The Hall–Kier alpha value is -2.71. The summed E-state index contributed by atoms with van der Waals surface area (Å²) >= 11 is 0. The highest BCUT2D eigenvalue weighted by Crippen LogP contribution is 2.16. The number of benzene rings is 1. The van der Waals surface area contributed by atoms with Crippen molar-refractivity contribution in [3.63, 3.8) is 0 Å². The Morgan fingerprint density at radius 3 is 2.74 bits per heavy atom. The molecule has 0 unspecified atom stereocenters. The van der Waals surface area contributed by atoms with Crippen LogP contribution in [-0.2, 0) is 17.8 Å². The van der Waals surface area contributed by atoms with Gasteiger partial charge in [-0.1, -0.05) is 24.3 Å². The van der Waals surface area contributed by atoms with E-state index in [0.717, 1.165) is 25.2 Å². The van der Waals surface area contributed by atoms with Crippen molar-refractivity contribution in [3.05, 3.63) is 52.1 Å². The van der Waals surface area contributed by atoms with E-state index in [4.69, 9.17) is 9.47 Å². The van der Waals surface area contributed by atoms with E-state index in [-0.39, 0.29) is 11.7 Å². The number of likely N-dealkylation sites (tertiary alicyclic amines) is 1. The number of methoxy groups -OCH3 is 1. The quantitative estimate of drug-likeness (QED) is 0.604. The number of imidazole rings is 1. The largest absolute Gasteiger partial charge is 0.461 e. The smallest absolute Gasteiger partial charge is 0.328 e. The molecule has 1 N–H and O–H groups in total. The first-order valence-corrected chi connectivity index (χ1v) is 9.10. The van der Waals surface area contributed by atoms with Crippen LogP contribution in [0.15, 0.2) is 35.3 Å². The SMILES string of the molecule is COCCOc1ncc2[nH]c(=O)n(Cc3cccc(CN4CCC4)c3)c2n1. The van der Waals surface area contributed by atoms with Gasteiger partial charge in [-0.25, -0.2) is 9.78 Å². The Balaban J connectivity index is 1.57. The second-order valence-electron chi connectivity index (χ2n) is 6.70. The molecule has 1 aliphatic heterocycles. The number of hydrogen-bond donors (Lipinski definition) is 1. The van der Waals surface area contributed by atoms with Crippen LogP contribution in [-0.4, -0.2) is 57.8 Å². The van der Waals surface area contributed by atoms with Gasteiger partial charge in [-0.15, -0.1) is 0 Å². The van der Waals surface area contributed by atoms with E-state index >= 15 is 0 Å². The van der Waals surface area contributed by atoms with Gasteiger partial charge in [0.25, 0.3) is 0 Å². The first-order valence-electron chi connectivity index (χ1n) is 9.10. The summed E-state index contributed by atoms with van der Waals surface area (Å²) in [6.45, 7) is 4.53. The highest BCUT2D eigenvalue weighted by molar-refractivity contribution is 5.69. The summed E-state index contributed by atoms with van der Waals surface area (Å²) in [6, 6.07) is 8.59. The lowest BCUT2D eigenvalue weighted by molar-refractivity contribution is 0.141. The predicted molar refractivity (Wildman–Crippen MR) is 101 cm³/mol. The summed E-state index contributed by atoms with van der Waals surface area (Å²) in [4.78, 5) is 26.1. The summed E-state index contributed by atoms with van der Waals surface area (Å²) in [5.41, 5.74) is 3.25. The zero-order valence-electron chi connectivity index (χ0n) is 15.4. The molecule has 8 nitrogen and oxygen atoms in total. The third-order valence-electron chi connectivity index (χ3n) is 4.69. The summed E-state index contributed by atoms with van der Waals surface area (Å²) in [5.74, 6) is 0. The first-order chi connectivity index (χ1) is 13.2. The summed E-state index contributed by atoms with van der Waals surface area (Å²) in [7, 11) is 1.60. The minimum atomic E-state index is -0.207. The number of aromatic nitrogens is 4. The molecule has 8 heteroatoms. The molecule has 1 fully saturated rings. The van der Waals surface area contributed by atoms with Gasteiger partial charge in [0.15, 0.2) is 5.65 Å². The van der Waals surface area contributed by atoms with E-state index in [1.54, 1.807) is 17.9 Å². The molecule has 2 aromatic heterocycles. The molecule has 0 radical (unpaired) electrons. The molecule has 0 atom stereocenters. The molecule has 0 amide bonds. The number of aromatic amines is 1. The maximum Gasteiger partial charge on any atom is 0.328 e. The predicted octanol–water partition coefficient (Wildman–Crippen LogP) is 1.40. The number of nitrogens with one attached hydrogen (secondary N) is 1. The van der Waals surface area contributed by atoms with Gasteiger partial charge in [0.05, 0.1) is 19.3 Å². The van der Waals surface area contributed by atoms with Crippen molar-refractivity contribution in [3.8, 4) is 6.01 Å². The van der Waals surface area contributed by atoms with Gasteiger partial charge in [-0.3, -0.25) is 9.47 Å². The lowest BCUT2D eigenvalue weighted by Gasteiger charge is -2.30. The Bertz CT molecular complexity index is 977. The number of fused-ring (bicyclic) bond motifs is 1. The molecule has 142 valence electrons. The number of H-pyrrole nitrogens is 1. The Morgan fingerprint density at radius 1 is 1.19 bits per heavy atom. The average Bonchev–Trinajstić information content (AvgIpc) is 2.94. The van der Waals surface area contributed by atoms with Crippen molar-refractivity contribution >= 4 is 11.2 Å². The molecule has 1 aromatic carbocycles. The minimum absolute atomic E-state index is 0.207. The van der Waals surface area contributed by atoms with Gasteiger partial charge in [0.1, 0.15) is 12.1 Å². The molecular formula is C19H23N5O3. The Morgan fingerprint density at radius 2 is 2.00 bits per heavy atom. The highest BCUT2D eigenvalue weighted by Gasteiger charge is 2.15. The molecule has 27 heavy (non-hydrogen) atoms. The van der Waals surface area contributed by atoms with Crippen molar-refractivity contribution in [1.29, 1.82) is 0 Å². The van der Waals surface area contributed by atoms with Crippen molar-refractivity contribution < 1.29 is 9.47 Å². The zero-order chi connectivity index (χ0) is 18.6. The maximum absolute atomic E-state index is 12.4. The van der Waals surface area contributed by atoms with Crippen molar-refractivity contribution in [1.82, 2.24) is 24.4 Å². The fourth-order valence-corrected chi connectivity index (χ4v) is 3.17. The van der Waals surface area contributed by atoms with E-state index in [0.29, 0.717) is 30.9 Å². The van der Waals surface area contributed by atoms with Gasteiger partial charge in [0.2, 0.25) is 0 Å². The van der Waals surface area contributed by atoms with Crippen LogP contribution < -0.4 is 10.4 Å². The second kappa shape index (κ2) is 7.89. The van der Waals surface area contributed by atoms with Crippen LogP contribution >= 0.6 is 0 Å². The topological polar surface area (TPSA) is 85.3 Å². The van der Waals surface area contributed by atoms with E-state index < -0.39 is 0 Å². The van der Waals surface area contributed by atoms with Gasteiger partial charge in [-0.05, 0) is 30.6 Å². The van der Waals surface area contributed by atoms with Crippen molar-refractivity contribution in [2.45, 2.75) is 19.5 Å². The Kier molecular flexibility index (Phi) is 5.17. The molecule has 0 bridgehead atoms. The number of hydrogen-bond acceptors (Lipinski definition) is 6. The average molecular weight is 369 g/mol. The summed E-state index contributed by atoms with van der Waals surface area (Å²) < 4.78 is 12.0. The van der Waals surface area contributed by atoms with Crippen LogP contribution in [0.25, 0.3) is 11.2 Å². The normalized spacial score (nSPS) is 14.4. The van der Waals surface area contributed by atoms with Crippen LogP contribution in [0.4, 0.5) is 0 Å². The molecule has 3 heterocycles. The minimum Gasteiger partial charge on any atom is -0.461 e. The second-order valence-corrected chi connectivity index (χ2v) is 6.70. The third kappa shape index (κ3) is 4.01. The number of ether oxygens (including phenoxy) is 2. The molecule has 3 aromatic rings. The number of nitrogens with zero attached hydrogens (tertiary/aromatic N) is 4. The van der Waals surface area contributed by atoms with Crippen LogP contribution in [0.5, 0.6) is 6.01 Å². The standard InChI is InChI=1S/C19H23N5O3/c1-26-8-9-27-18-20-11-16-17(22-18)24(19(25)21-16)13-15-5-2-4-14(10-15)12-23-6-3-7-23/h2,4-5,10-11H,3,6-9,12-13H2,1H3,(H,21,25). The molecule has 4 rings (SSSR count). The van der Waals surface area contributed by atoms with E-state index in [1.165, 1.54) is 12.0 Å². The zero-order valence-corrected chi connectivity index (χ0v) is 15.4. The summed E-state index contributed by atoms with van der Waals surface area (Å²) in [6.07, 6.45) is 2.85.